The lowest BCUT2D eigenvalue weighted by Crippen LogP contribution is -2.21. The third-order valence-corrected chi connectivity index (χ3v) is 3.54. The van der Waals surface area contributed by atoms with Gasteiger partial charge in [0.15, 0.2) is 5.78 Å². The summed E-state index contributed by atoms with van der Waals surface area (Å²) in [5.41, 5.74) is 4.51. The minimum absolute atomic E-state index is 0.102. The molecular weight excluding hydrogens is 257 g/mol. The zero-order chi connectivity index (χ0) is 12.4. The van der Waals surface area contributed by atoms with Gasteiger partial charge in [-0.2, -0.15) is 0 Å². The molecule has 0 bridgehead atoms. The second-order valence-corrected chi connectivity index (χ2v) is 4.83. The first-order chi connectivity index (χ1) is 8.11. The average Bonchev–Trinajstić information content (AvgIpc) is 2.71. The van der Waals surface area contributed by atoms with Crippen LogP contribution in [-0.4, -0.2) is 18.9 Å². The highest BCUT2D eigenvalue weighted by molar-refractivity contribution is 6.36. The summed E-state index contributed by atoms with van der Waals surface area (Å²) in [5, 5.41) is 0.621. The first-order valence-electron chi connectivity index (χ1n) is 5.45. The number of Topliss-reactive ketones (excluding diaryl/α,β-unsaturated/α-hetero) is 1. The number of hydrogen-bond donors (Lipinski definition) is 0. The van der Waals surface area contributed by atoms with Crippen molar-refractivity contribution in [3.8, 4) is 0 Å². The minimum Gasteiger partial charge on any atom is -0.366 e. The molecule has 4 heteroatoms. The van der Waals surface area contributed by atoms with Gasteiger partial charge in [0.2, 0.25) is 0 Å². The van der Waals surface area contributed by atoms with Gasteiger partial charge in [-0.05, 0) is 37.1 Å². The summed E-state index contributed by atoms with van der Waals surface area (Å²) >= 11 is 11.5. The molecule has 0 aromatic heterocycles. The van der Waals surface area contributed by atoms with Crippen LogP contribution in [-0.2, 0) is 6.42 Å². The highest BCUT2D eigenvalue weighted by Crippen LogP contribution is 2.30. The Balaban J connectivity index is 2.25. The van der Waals surface area contributed by atoms with Crippen LogP contribution in [0.25, 0.3) is 0 Å². The van der Waals surface area contributed by atoms with Crippen molar-refractivity contribution in [2.45, 2.75) is 13.3 Å². The Labute approximate surface area is 111 Å². The van der Waals surface area contributed by atoms with E-state index < -0.39 is 0 Å². The van der Waals surface area contributed by atoms with Gasteiger partial charge in [-0.3, -0.25) is 4.79 Å². The number of hydrogen-bond acceptors (Lipinski definition) is 2. The van der Waals surface area contributed by atoms with Crippen molar-refractivity contribution in [3.05, 3.63) is 39.9 Å². The van der Waals surface area contributed by atoms with E-state index in [1.165, 1.54) is 11.1 Å². The predicted octanol–water partition coefficient (Wildman–Crippen LogP) is 3.57. The average molecular weight is 270 g/mol. The molecule has 1 heterocycles. The summed E-state index contributed by atoms with van der Waals surface area (Å²) in [6.07, 6.45) is 0.947. The highest BCUT2D eigenvalue weighted by atomic mass is 35.5. The first kappa shape index (κ1) is 12.5. The van der Waals surface area contributed by atoms with Crippen LogP contribution in [0.4, 0.5) is 5.69 Å². The van der Waals surface area contributed by atoms with E-state index in [1.54, 1.807) is 6.92 Å². The first-order valence-corrected chi connectivity index (χ1v) is 6.27. The van der Waals surface area contributed by atoms with E-state index in [2.05, 4.69) is 4.90 Å². The predicted molar refractivity (Wildman–Crippen MR) is 72.2 cm³/mol. The van der Waals surface area contributed by atoms with Crippen molar-refractivity contribution >= 4 is 34.7 Å². The number of carbonyl (C=O) groups is 1. The Bertz CT molecular complexity index is 482. The maximum absolute atomic E-state index is 11.3. The molecule has 1 aliphatic heterocycles. The van der Waals surface area contributed by atoms with Crippen LogP contribution in [0.2, 0.25) is 0 Å². The lowest BCUT2D eigenvalue weighted by Gasteiger charge is -2.18. The summed E-state index contributed by atoms with van der Waals surface area (Å²) in [6.45, 7) is 3.12. The van der Waals surface area contributed by atoms with Gasteiger partial charge in [0.1, 0.15) is 0 Å². The summed E-state index contributed by atoms with van der Waals surface area (Å²) in [6, 6.07) is 5.81. The number of fused-ring (bicyclic) bond motifs is 1. The number of rotatable bonds is 3. The monoisotopic (exact) mass is 269 g/mol. The van der Waals surface area contributed by atoms with E-state index >= 15 is 0 Å². The van der Waals surface area contributed by atoms with Crippen LogP contribution in [0.3, 0.4) is 0 Å². The number of nitrogens with zero attached hydrogens (tertiary/aromatic N) is 1. The normalized spacial score (nSPS) is 15.0. The minimum atomic E-state index is 0.102. The van der Waals surface area contributed by atoms with E-state index in [-0.39, 0.29) is 5.78 Å². The maximum atomic E-state index is 11.3. The fourth-order valence-corrected chi connectivity index (χ4v) is 2.28. The smallest absolute Gasteiger partial charge is 0.159 e. The van der Waals surface area contributed by atoms with Gasteiger partial charge in [-0.15, -0.1) is 0 Å². The van der Waals surface area contributed by atoms with Gasteiger partial charge in [0.05, 0.1) is 6.54 Å². The van der Waals surface area contributed by atoms with Gasteiger partial charge >= 0.3 is 0 Å². The van der Waals surface area contributed by atoms with Crippen molar-refractivity contribution in [2.75, 3.05) is 18.0 Å². The number of halogens is 2. The second-order valence-electron chi connectivity index (χ2n) is 4.13. The van der Waals surface area contributed by atoms with Gasteiger partial charge < -0.3 is 4.90 Å². The Morgan fingerprint density at radius 3 is 2.94 bits per heavy atom. The van der Waals surface area contributed by atoms with Crippen molar-refractivity contribution in [1.82, 2.24) is 0 Å². The van der Waals surface area contributed by atoms with Gasteiger partial charge in [0, 0.05) is 28.4 Å². The molecule has 0 radical (unpaired) electrons. The third-order valence-electron chi connectivity index (χ3n) is 2.94. The van der Waals surface area contributed by atoms with Crippen LogP contribution in [0, 0.1) is 0 Å². The molecule has 17 heavy (non-hydrogen) atoms. The maximum Gasteiger partial charge on any atom is 0.159 e. The van der Waals surface area contributed by atoms with E-state index in [0.29, 0.717) is 11.6 Å². The van der Waals surface area contributed by atoms with Crippen LogP contribution in [0.1, 0.15) is 22.8 Å². The molecule has 0 atom stereocenters. The molecule has 0 fully saturated rings. The number of benzene rings is 1. The molecule has 1 aromatic carbocycles. The summed E-state index contributed by atoms with van der Waals surface area (Å²) < 4.78 is 0. The lowest BCUT2D eigenvalue weighted by atomic mass is 10.1. The summed E-state index contributed by atoms with van der Waals surface area (Å²) in [4.78, 5) is 13.5. The van der Waals surface area contributed by atoms with Gasteiger partial charge in [0.25, 0.3) is 0 Å². The fraction of sp³-hybridized carbons (Fsp3) is 0.308. The van der Waals surface area contributed by atoms with Crippen LogP contribution < -0.4 is 4.90 Å². The van der Waals surface area contributed by atoms with E-state index in [4.69, 9.17) is 23.2 Å². The van der Waals surface area contributed by atoms with E-state index in [9.17, 15) is 4.79 Å². The Hall–Kier alpha value is -0.990. The number of carbonyl (C=O) groups excluding carboxylic acids is 1. The van der Waals surface area contributed by atoms with Crippen LogP contribution in [0.15, 0.2) is 28.8 Å². The third kappa shape index (κ3) is 2.64. The molecule has 90 valence electrons. The van der Waals surface area contributed by atoms with Crippen molar-refractivity contribution < 1.29 is 4.79 Å². The quantitative estimate of drug-likeness (QED) is 0.782. The Kier molecular flexibility index (Phi) is 3.75. The topological polar surface area (TPSA) is 20.3 Å². The SMILES string of the molecule is CC(=O)c1ccc2c(c1)CCN2C/C(Cl)=C/Cl. The zero-order valence-corrected chi connectivity index (χ0v) is 11.1. The molecule has 0 amide bonds. The van der Waals surface area contributed by atoms with E-state index in [1.807, 2.05) is 18.2 Å². The lowest BCUT2D eigenvalue weighted by molar-refractivity contribution is 0.101. The van der Waals surface area contributed by atoms with Gasteiger partial charge in [-0.25, -0.2) is 0 Å². The van der Waals surface area contributed by atoms with Crippen LogP contribution in [0.5, 0.6) is 0 Å². The Morgan fingerprint density at radius 2 is 2.29 bits per heavy atom. The summed E-state index contributed by atoms with van der Waals surface area (Å²) in [5.74, 6) is 0.102. The van der Waals surface area contributed by atoms with Crippen molar-refractivity contribution in [1.29, 1.82) is 0 Å². The molecule has 0 N–H and O–H groups in total. The number of anilines is 1. The van der Waals surface area contributed by atoms with Crippen LogP contribution >= 0.6 is 23.2 Å². The highest BCUT2D eigenvalue weighted by Gasteiger charge is 2.20. The van der Waals surface area contributed by atoms with Crippen molar-refractivity contribution in [3.63, 3.8) is 0 Å². The van der Waals surface area contributed by atoms with Gasteiger partial charge in [-0.1, -0.05) is 23.2 Å². The van der Waals surface area contributed by atoms with E-state index in [0.717, 1.165) is 24.2 Å². The molecule has 2 nitrogen and oxygen atoms in total. The molecule has 1 aromatic rings. The van der Waals surface area contributed by atoms with Crippen molar-refractivity contribution in [2.24, 2.45) is 0 Å². The zero-order valence-electron chi connectivity index (χ0n) is 9.54. The Morgan fingerprint density at radius 1 is 1.53 bits per heavy atom. The summed E-state index contributed by atoms with van der Waals surface area (Å²) in [7, 11) is 0. The molecule has 1 aliphatic rings. The number of ketones is 1. The molecule has 0 saturated carbocycles. The molecule has 0 aliphatic carbocycles. The molecular formula is C13H13Cl2NO. The molecule has 2 rings (SSSR count). The molecule has 0 saturated heterocycles. The second kappa shape index (κ2) is 5.11. The standard InChI is InChI=1S/C13H13Cl2NO/c1-9(17)10-2-3-13-11(6-10)4-5-16(13)8-12(15)7-14/h2-3,6-7H,4-5,8H2,1H3/b12-7-. The molecule has 0 unspecified atom stereocenters. The fourth-order valence-electron chi connectivity index (χ4n) is 2.07. The molecule has 0 spiro atoms. The largest absolute Gasteiger partial charge is 0.366 e.